The van der Waals surface area contributed by atoms with Gasteiger partial charge in [0.15, 0.2) is 5.82 Å². The van der Waals surface area contributed by atoms with Crippen molar-refractivity contribution in [3.8, 4) is 11.4 Å². The Morgan fingerprint density at radius 3 is 2.68 bits per heavy atom. The highest BCUT2D eigenvalue weighted by Crippen LogP contribution is 2.27. The van der Waals surface area contributed by atoms with Crippen molar-refractivity contribution in [2.75, 3.05) is 11.4 Å². The van der Waals surface area contributed by atoms with Crippen LogP contribution in [0, 0.1) is 0 Å². The third-order valence-electron chi connectivity index (χ3n) is 3.56. The predicted molar refractivity (Wildman–Crippen MR) is 78.5 cm³/mol. The Morgan fingerprint density at radius 1 is 1.21 bits per heavy atom. The summed E-state index contributed by atoms with van der Waals surface area (Å²) in [6, 6.07) is 12.3. The molecule has 2 heterocycles. The van der Waals surface area contributed by atoms with Crippen LogP contribution in [0.15, 0.2) is 36.4 Å². The average molecular weight is 274 g/mol. The minimum atomic E-state index is 0.503. The lowest BCUT2D eigenvalue weighted by molar-refractivity contribution is 0.726. The number of hydrogen-bond donors (Lipinski definition) is 0. The topological polar surface area (TPSA) is 29.0 Å². The Labute approximate surface area is 118 Å². The first kappa shape index (κ1) is 12.4. The van der Waals surface area contributed by atoms with Crippen LogP contribution in [0.2, 0.25) is 5.15 Å². The fraction of sp³-hybridized carbons (Fsp3) is 0.333. The molecule has 0 radical (unpaired) electrons. The SMILES string of the molecule is CC1CCCN1c1cc(Cl)nc(-c2ccccc2)n1. The molecule has 2 aromatic rings. The molecular weight excluding hydrogens is 258 g/mol. The third-order valence-corrected chi connectivity index (χ3v) is 3.75. The van der Waals surface area contributed by atoms with E-state index in [1.54, 1.807) is 0 Å². The van der Waals surface area contributed by atoms with Crippen LogP contribution in [0.25, 0.3) is 11.4 Å². The van der Waals surface area contributed by atoms with E-state index in [1.807, 2.05) is 36.4 Å². The fourth-order valence-electron chi connectivity index (χ4n) is 2.54. The van der Waals surface area contributed by atoms with Gasteiger partial charge in [-0.2, -0.15) is 0 Å². The van der Waals surface area contributed by atoms with Gasteiger partial charge in [-0.25, -0.2) is 9.97 Å². The Morgan fingerprint density at radius 2 is 2.00 bits per heavy atom. The van der Waals surface area contributed by atoms with Crippen LogP contribution >= 0.6 is 11.6 Å². The molecule has 0 saturated carbocycles. The third kappa shape index (κ3) is 2.56. The Hall–Kier alpha value is -1.61. The van der Waals surface area contributed by atoms with Crippen LogP contribution in [0.3, 0.4) is 0 Å². The van der Waals surface area contributed by atoms with Crippen molar-refractivity contribution in [1.29, 1.82) is 0 Å². The molecule has 3 rings (SSSR count). The fourth-order valence-corrected chi connectivity index (χ4v) is 2.72. The van der Waals surface area contributed by atoms with Crippen LogP contribution in [0.4, 0.5) is 5.82 Å². The molecule has 1 aromatic heterocycles. The minimum Gasteiger partial charge on any atom is -0.354 e. The van der Waals surface area contributed by atoms with Gasteiger partial charge in [-0.15, -0.1) is 0 Å². The van der Waals surface area contributed by atoms with Gasteiger partial charge in [-0.05, 0) is 19.8 Å². The lowest BCUT2D eigenvalue weighted by atomic mass is 10.2. The number of nitrogens with zero attached hydrogens (tertiary/aromatic N) is 3. The number of benzene rings is 1. The van der Waals surface area contributed by atoms with E-state index in [0.29, 0.717) is 17.0 Å². The zero-order chi connectivity index (χ0) is 13.2. The van der Waals surface area contributed by atoms with Crippen molar-refractivity contribution in [2.45, 2.75) is 25.8 Å². The molecular formula is C15H16ClN3. The lowest BCUT2D eigenvalue weighted by Gasteiger charge is -2.22. The molecule has 0 N–H and O–H groups in total. The summed E-state index contributed by atoms with van der Waals surface area (Å²) in [5.74, 6) is 1.63. The number of rotatable bonds is 2. The van der Waals surface area contributed by atoms with Crippen molar-refractivity contribution < 1.29 is 0 Å². The maximum absolute atomic E-state index is 6.15. The van der Waals surface area contributed by atoms with Gasteiger partial charge in [0.25, 0.3) is 0 Å². The molecule has 1 aromatic carbocycles. The summed E-state index contributed by atoms with van der Waals surface area (Å²) < 4.78 is 0. The highest BCUT2D eigenvalue weighted by molar-refractivity contribution is 6.29. The van der Waals surface area contributed by atoms with E-state index in [2.05, 4.69) is 21.8 Å². The maximum atomic E-state index is 6.15. The molecule has 0 aliphatic carbocycles. The Kier molecular flexibility index (Phi) is 3.38. The second kappa shape index (κ2) is 5.17. The summed E-state index contributed by atoms with van der Waals surface area (Å²) in [5.41, 5.74) is 0.998. The summed E-state index contributed by atoms with van der Waals surface area (Å²) in [5, 5.41) is 0.503. The molecule has 0 spiro atoms. The van der Waals surface area contributed by atoms with Gasteiger partial charge >= 0.3 is 0 Å². The van der Waals surface area contributed by atoms with E-state index in [-0.39, 0.29) is 0 Å². The normalized spacial score (nSPS) is 18.8. The van der Waals surface area contributed by atoms with Crippen molar-refractivity contribution in [1.82, 2.24) is 9.97 Å². The molecule has 98 valence electrons. The smallest absolute Gasteiger partial charge is 0.163 e. The Balaban J connectivity index is 2.01. The first-order chi connectivity index (χ1) is 9.24. The zero-order valence-electron chi connectivity index (χ0n) is 10.9. The first-order valence-corrected chi connectivity index (χ1v) is 6.98. The molecule has 1 aliphatic rings. The van der Waals surface area contributed by atoms with E-state index in [1.165, 1.54) is 12.8 Å². The Bertz CT molecular complexity index is 571. The molecule has 1 fully saturated rings. The second-order valence-electron chi connectivity index (χ2n) is 4.92. The lowest BCUT2D eigenvalue weighted by Crippen LogP contribution is -2.27. The van der Waals surface area contributed by atoms with Crippen molar-refractivity contribution in [3.63, 3.8) is 0 Å². The van der Waals surface area contributed by atoms with Gasteiger partial charge in [0, 0.05) is 24.2 Å². The van der Waals surface area contributed by atoms with Crippen LogP contribution in [0.5, 0.6) is 0 Å². The second-order valence-corrected chi connectivity index (χ2v) is 5.31. The van der Waals surface area contributed by atoms with Gasteiger partial charge in [0.2, 0.25) is 0 Å². The summed E-state index contributed by atoms with van der Waals surface area (Å²) in [6.07, 6.45) is 2.42. The van der Waals surface area contributed by atoms with Crippen LogP contribution in [-0.2, 0) is 0 Å². The molecule has 3 nitrogen and oxygen atoms in total. The number of anilines is 1. The zero-order valence-corrected chi connectivity index (χ0v) is 11.6. The molecule has 1 unspecified atom stereocenters. The van der Waals surface area contributed by atoms with Gasteiger partial charge in [-0.3, -0.25) is 0 Å². The highest BCUT2D eigenvalue weighted by atomic mass is 35.5. The van der Waals surface area contributed by atoms with Gasteiger partial charge in [-0.1, -0.05) is 41.9 Å². The number of aromatic nitrogens is 2. The van der Waals surface area contributed by atoms with Gasteiger partial charge < -0.3 is 4.90 Å². The van der Waals surface area contributed by atoms with Crippen LogP contribution < -0.4 is 4.90 Å². The van der Waals surface area contributed by atoms with Crippen molar-refractivity contribution >= 4 is 17.4 Å². The maximum Gasteiger partial charge on any atom is 0.163 e. The molecule has 0 amide bonds. The van der Waals surface area contributed by atoms with E-state index in [9.17, 15) is 0 Å². The minimum absolute atomic E-state index is 0.503. The van der Waals surface area contributed by atoms with E-state index < -0.39 is 0 Å². The summed E-state index contributed by atoms with van der Waals surface area (Å²) in [7, 11) is 0. The van der Waals surface area contributed by atoms with Crippen LogP contribution in [0.1, 0.15) is 19.8 Å². The van der Waals surface area contributed by atoms with Gasteiger partial charge in [0.05, 0.1) is 0 Å². The summed E-state index contributed by atoms with van der Waals surface area (Å²) in [6.45, 7) is 3.27. The summed E-state index contributed by atoms with van der Waals surface area (Å²) in [4.78, 5) is 11.3. The molecule has 1 aliphatic heterocycles. The van der Waals surface area contributed by atoms with E-state index in [0.717, 1.165) is 17.9 Å². The van der Waals surface area contributed by atoms with Gasteiger partial charge in [0.1, 0.15) is 11.0 Å². The van der Waals surface area contributed by atoms with E-state index in [4.69, 9.17) is 11.6 Å². The first-order valence-electron chi connectivity index (χ1n) is 6.61. The van der Waals surface area contributed by atoms with E-state index >= 15 is 0 Å². The highest BCUT2D eigenvalue weighted by Gasteiger charge is 2.22. The molecule has 4 heteroatoms. The van der Waals surface area contributed by atoms with Crippen LogP contribution in [-0.4, -0.2) is 22.6 Å². The molecule has 1 atom stereocenters. The standard InChI is InChI=1S/C15H16ClN3/c1-11-6-5-9-19(11)14-10-13(16)17-15(18-14)12-7-3-2-4-8-12/h2-4,7-8,10-11H,5-6,9H2,1H3. The predicted octanol–water partition coefficient (Wildman–Crippen LogP) is 3.79. The largest absolute Gasteiger partial charge is 0.354 e. The van der Waals surface area contributed by atoms with Crippen molar-refractivity contribution in [3.05, 3.63) is 41.6 Å². The quantitative estimate of drug-likeness (QED) is 0.780. The molecule has 1 saturated heterocycles. The average Bonchev–Trinajstić information content (AvgIpc) is 2.85. The monoisotopic (exact) mass is 273 g/mol. The van der Waals surface area contributed by atoms with Crippen molar-refractivity contribution in [2.24, 2.45) is 0 Å². The molecule has 19 heavy (non-hydrogen) atoms. The number of halogens is 1. The summed E-state index contributed by atoms with van der Waals surface area (Å²) >= 11 is 6.15. The molecule has 0 bridgehead atoms. The number of hydrogen-bond acceptors (Lipinski definition) is 3.